The second-order valence-electron chi connectivity index (χ2n) is 7.57. The molecular formula is C24H27N3O. The van der Waals surface area contributed by atoms with Crippen LogP contribution in [0.4, 0.5) is 0 Å². The quantitative estimate of drug-likeness (QED) is 0.679. The van der Waals surface area contributed by atoms with Crippen molar-refractivity contribution in [3.63, 3.8) is 0 Å². The van der Waals surface area contributed by atoms with E-state index in [2.05, 4.69) is 58.5 Å². The summed E-state index contributed by atoms with van der Waals surface area (Å²) in [7, 11) is 0. The first-order chi connectivity index (χ1) is 13.8. The minimum Gasteiger partial charge on any atom is -0.348 e. The van der Waals surface area contributed by atoms with Gasteiger partial charge in [-0.2, -0.15) is 0 Å². The van der Waals surface area contributed by atoms with E-state index in [0.29, 0.717) is 12.3 Å². The van der Waals surface area contributed by atoms with Gasteiger partial charge in [-0.05, 0) is 30.4 Å². The van der Waals surface area contributed by atoms with Crippen LogP contribution in [0, 0.1) is 0 Å². The van der Waals surface area contributed by atoms with Gasteiger partial charge in [-0.1, -0.05) is 60.7 Å². The number of H-pyrrole nitrogens is 1. The summed E-state index contributed by atoms with van der Waals surface area (Å²) in [6.07, 6.45) is 7.09. The predicted octanol–water partition coefficient (Wildman–Crippen LogP) is 4.73. The van der Waals surface area contributed by atoms with Crippen LogP contribution in [-0.4, -0.2) is 33.9 Å². The number of amides is 1. The van der Waals surface area contributed by atoms with Gasteiger partial charge in [0.25, 0.3) is 0 Å². The lowest BCUT2D eigenvalue weighted by atomic mass is 9.87. The molecule has 0 spiro atoms. The molecule has 144 valence electrons. The van der Waals surface area contributed by atoms with Gasteiger partial charge in [0.1, 0.15) is 0 Å². The largest absolute Gasteiger partial charge is 0.348 e. The van der Waals surface area contributed by atoms with Crippen LogP contribution >= 0.6 is 0 Å². The minimum atomic E-state index is 0.258. The molecule has 1 N–H and O–H groups in total. The number of benzene rings is 2. The van der Waals surface area contributed by atoms with Crippen LogP contribution in [0.3, 0.4) is 0 Å². The van der Waals surface area contributed by atoms with Gasteiger partial charge < -0.3 is 9.88 Å². The summed E-state index contributed by atoms with van der Waals surface area (Å²) >= 11 is 0. The molecule has 4 heteroatoms. The number of piperidine rings is 1. The third-order valence-electron chi connectivity index (χ3n) is 5.86. The Bertz CT molecular complexity index is 814. The maximum Gasteiger partial charge on any atom is 0.222 e. The number of aromatic nitrogens is 2. The Hall–Kier alpha value is -2.88. The number of aromatic amines is 1. The lowest BCUT2D eigenvalue weighted by Gasteiger charge is -2.32. The van der Waals surface area contributed by atoms with Gasteiger partial charge >= 0.3 is 0 Å². The zero-order valence-corrected chi connectivity index (χ0v) is 16.1. The van der Waals surface area contributed by atoms with Gasteiger partial charge in [-0.15, -0.1) is 0 Å². The topological polar surface area (TPSA) is 49.0 Å². The molecule has 4 nitrogen and oxygen atoms in total. The van der Waals surface area contributed by atoms with Crippen molar-refractivity contribution in [1.82, 2.24) is 14.9 Å². The van der Waals surface area contributed by atoms with Crippen LogP contribution in [0.25, 0.3) is 0 Å². The molecule has 1 saturated heterocycles. The van der Waals surface area contributed by atoms with Crippen LogP contribution in [0.5, 0.6) is 0 Å². The second kappa shape index (κ2) is 8.87. The summed E-state index contributed by atoms with van der Waals surface area (Å²) in [4.78, 5) is 22.2. The number of nitrogens with zero attached hydrogens (tertiary/aromatic N) is 2. The fourth-order valence-electron chi connectivity index (χ4n) is 4.25. The summed E-state index contributed by atoms with van der Waals surface area (Å²) < 4.78 is 0. The average Bonchev–Trinajstić information content (AvgIpc) is 3.30. The first kappa shape index (κ1) is 18.5. The molecule has 0 atom stereocenters. The Morgan fingerprint density at radius 3 is 2.14 bits per heavy atom. The second-order valence-corrected chi connectivity index (χ2v) is 7.57. The van der Waals surface area contributed by atoms with Crippen molar-refractivity contribution in [2.45, 2.75) is 37.5 Å². The monoisotopic (exact) mass is 373 g/mol. The SMILES string of the molecule is O=C(CCC(c1ccccc1)c1ccccc1)N1CCC(c2cnc[nH]2)CC1. The molecule has 0 unspecified atom stereocenters. The van der Waals surface area contributed by atoms with E-state index in [1.165, 1.54) is 16.8 Å². The van der Waals surface area contributed by atoms with E-state index in [9.17, 15) is 4.79 Å². The number of nitrogens with one attached hydrogen (secondary N) is 1. The van der Waals surface area contributed by atoms with Crippen molar-refractivity contribution in [2.24, 2.45) is 0 Å². The van der Waals surface area contributed by atoms with Crippen LogP contribution in [0.1, 0.15) is 54.3 Å². The first-order valence-electron chi connectivity index (χ1n) is 10.2. The summed E-state index contributed by atoms with van der Waals surface area (Å²) in [6.45, 7) is 1.67. The van der Waals surface area contributed by atoms with Gasteiger partial charge in [-0.25, -0.2) is 4.98 Å². The molecule has 1 aliphatic rings. The molecule has 2 aromatic carbocycles. The Labute approximate surface area is 166 Å². The number of carbonyl (C=O) groups is 1. The number of rotatable bonds is 6. The third-order valence-corrected chi connectivity index (χ3v) is 5.86. The molecule has 28 heavy (non-hydrogen) atoms. The van der Waals surface area contributed by atoms with Gasteiger partial charge in [0, 0.05) is 43.2 Å². The molecule has 0 radical (unpaired) electrons. The number of hydrogen-bond acceptors (Lipinski definition) is 2. The van der Waals surface area contributed by atoms with Crippen LogP contribution in [0.2, 0.25) is 0 Å². The molecule has 2 heterocycles. The first-order valence-corrected chi connectivity index (χ1v) is 10.2. The van der Waals surface area contributed by atoms with E-state index in [1.807, 2.05) is 23.2 Å². The van der Waals surface area contributed by atoms with E-state index in [-0.39, 0.29) is 11.8 Å². The van der Waals surface area contributed by atoms with Crippen molar-refractivity contribution in [2.75, 3.05) is 13.1 Å². The van der Waals surface area contributed by atoms with Gasteiger partial charge in [0.05, 0.1) is 6.33 Å². The zero-order chi connectivity index (χ0) is 19.2. The van der Waals surface area contributed by atoms with Gasteiger partial charge in [0.2, 0.25) is 5.91 Å². The summed E-state index contributed by atoms with van der Waals surface area (Å²) in [5, 5.41) is 0. The van der Waals surface area contributed by atoms with Crippen molar-refractivity contribution >= 4 is 5.91 Å². The van der Waals surface area contributed by atoms with Gasteiger partial charge in [-0.3, -0.25) is 4.79 Å². The lowest BCUT2D eigenvalue weighted by Crippen LogP contribution is -2.38. The molecular weight excluding hydrogens is 346 g/mol. The third kappa shape index (κ3) is 4.33. The number of likely N-dealkylation sites (tertiary alicyclic amines) is 1. The highest BCUT2D eigenvalue weighted by atomic mass is 16.2. The van der Waals surface area contributed by atoms with Crippen LogP contribution in [-0.2, 0) is 4.79 Å². The molecule has 1 aromatic heterocycles. The standard InChI is InChI=1S/C24H27N3O/c28-24(27-15-13-21(14-16-27)23-17-25-18-26-23)12-11-22(19-7-3-1-4-8-19)20-9-5-2-6-10-20/h1-10,17-18,21-22H,11-16H2,(H,25,26). The highest BCUT2D eigenvalue weighted by Crippen LogP contribution is 2.31. The fourth-order valence-corrected chi connectivity index (χ4v) is 4.25. The molecule has 0 saturated carbocycles. The molecule has 3 aromatic rings. The summed E-state index contributed by atoms with van der Waals surface area (Å²) in [5.74, 6) is 1.03. The normalized spacial score (nSPS) is 15.1. The number of hydrogen-bond donors (Lipinski definition) is 1. The summed E-state index contributed by atoms with van der Waals surface area (Å²) in [6, 6.07) is 21.1. The zero-order valence-electron chi connectivity index (χ0n) is 16.1. The van der Waals surface area contributed by atoms with Crippen LogP contribution in [0.15, 0.2) is 73.2 Å². The maximum atomic E-state index is 12.9. The molecule has 4 rings (SSSR count). The average molecular weight is 374 g/mol. The molecule has 0 aliphatic carbocycles. The Morgan fingerprint density at radius 1 is 1.00 bits per heavy atom. The van der Waals surface area contributed by atoms with Crippen LogP contribution < -0.4 is 0 Å². The highest BCUT2D eigenvalue weighted by Gasteiger charge is 2.25. The highest BCUT2D eigenvalue weighted by molar-refractivity contribution is 5.76. The van der Waals surface area contributed by atoms with E-state index in [1.54, 1.807) is 6.33 Å². The Balaban J connectivity index is 1.37. The molecule has 1 aliphatic heterocycles. The fraction of sp³-hybridized carbons (Fsp3) is 0.333. The van der Waals surface area contributed by atoms with Crippen molar-refractivity contribution in [3.8, 4) is 0 Å². The minimum absolute atomic E-state index is 0.258. The van der Waals surface area contributed by atoms with E-state index < -0.39 is 0 Å². The Kier molecular flexibility index (Phi) is 5.86. The number of imidazole rings is 1. The molecule has 1 fully saturated rings. The van der Waals surface area contributed by atoms with Crippen molar-refractivity contribution < 1.29 is 4.79 Å². The van der Waals surface area contributed by atoms with E-state index in [4.69, 9.17) is 0 Å². The number of carbonyl (C=O) groups excluding carboxylic acids is 1. The Morgan fingerprint density at radius 2 is 1.61 bits per heavy atom. The van der Waals surface area contributed by atoms with Gasteiger partial charge in [0.15, 0.2) is 0 Å². The summed E-state index contributed by atoms with van der Waals surface area (Å²) in [5.41, 5.74) is 3.75. The predicted molar refractivity (Wildman–Crippen MR) is 111 cm³/mol. The van der Waals surface area contributed by atoms with Crippen molar-refractivity contribution in [3.05, 3.63) is 90.0 Å². The molecule has 1 amide bonds. The van der Waals surface area contributed by atoms with E-state index >= 15 is 0 Å². The molecule has 0 bridgehead atoms. The lowest BCUT2D eigenvalue weighted by molar-refractivity contribution is -0.132. The van der Waals surface area contributed by atoms with E-state index in [0.717, 1.165) is 32.4 Å². The smallest absolute Gasteiger partial charge is 0.222 e. The maximum absolute atomic E-state index is 12.9. The van der Waals surface area contributed by atoms with Crippen molar-refractivity contribution in [1.29, 1.82) is 0 Å².